The fraction of sp³-hybridized carbons (Fsp3) is 0. The molecule has 0 bridgehead atoms. The maximum absolute atomic E-state index is 13.6. The second-order valence-corrected chi connectivity index (χ2v) is 6.96. The Kier molecular flexibility index (Phi) is 5.86. The van der Waals surface area contributed by atoms with E-state index in [0.717, 1.165) is 0 Å². The molecule has 0 radical (unpaired) electrons. The van der Waals surface area contributed by atoms with E-state index in [4.69, 9.17) is 23.2 Å². The van der Waals surface area contributed by atoms with Gasteiger partial charge in [-0.1, -0.05) is 21.6 Å². The highest BCUT2D eigenvalue weighted by atomic mass is 35.5. The largest absolute Gasteiger partial charge is 0.275 e. The van der Waals surface area contributed by atoms with Gasteiger partial charge in [0, 0.05) is 9.79 Å². The van der Waals surface area contributed by atoms with Gasteiger partial charge in [0.15, 0.2) is 0 Å². The van der Waals surface area contributed by atoms with E-state index in [0.29, 0.717) is 9.79 Å². The predicted octanol–water partition coefficient (Wildman–Crippen LogP) is 5.52. The molecule has 2 rings (SSSR count). The van der Waals surface area contributed by atoms with Crippen molar-refractivity contribution >= 4 is 55.3 Å². The molecular weight excluding hydrogens is 373 g/mol. The van der Waals surface area contributed by atoms with Gasteiger partial charge in [0.25, 0.3) is 10.5 Å². The summed E-state index contributed by atoms with van der Waals surface area (Å²) in [6.07, 6.45) is 0. The maximum atomic E-state index is 13.6. The Labute approximate surface area is 142 Å². The predicted molar refractivity (Wildman–Crippen MR) is 84.9 cm³/mol. The van der Waals surface area contributed by atoms with Crippen molar-refractivity contribution in [1.29, 1.82) is 0 Å². The fourth-order valence-corrected chi connectivity index (χ4v) is 3.76. The lowest BCUT2D eigenvalue weighted by molar-refractivity contribution is 0.106. The Morgan fingerprint density at radius 2 is 1.14 bits per heavy atom. The summed E-state index contributed by atoms with van der Waals surface area (Å²) in [7, 11) is 2.34. The third-order valence-corrected chi connectivity index (χ3v) is 5.33. The second kappa shape index (κ2) is 7.46. The number of halogens is 4. The van der Waals surface area contributed by atoms with Crippen LogP contribution in [-0.2, 0) is 0 Å². The average molecular weight is 379 g/mol. The third kappa shape index (κ3) is 4.23. The van der Waals surface area contributed by atoms with Crippen LogP contribution in [-0.4, -0.2) is 10.5 Å². The molecule has 0 aromatic heterocycles. The van der Waals surface area contributed by atoms with Crippen molar-refractivity contribution in [2.24, 2.45) is 0 Å². The summed E-state index contributed by atoms with van der Waals surface area (Å²) in [6, 6.07) is 7.96. The molecule has 2 nitrogen and oxygen atoms in total. The highest BCUT2D eigenvalue weighted by Gasteiger charge is 2.12. The van der Waals surface area contributed by atoms with Crippen molar-refractivity contribution in [1.82, 2.24) is 0 Å². The van der Waals surface area contributed by atoms with E-state index in [1.807, 2.05) is 0 Å². The van der Waals surface area contributed by atoms with Gasteiger partial charge in [-0.3, -0.25) is 9.59 Å². The number of rotatable bonds is 5. The van der Waals surface area contributed by atoms with Gasteiger partial charge in [0.2, 0.25) is 0 Å². The summed E-state index contributed by atoms with van der Waals surface area (Å²) < 4.78 is 27.2. The Morgan fingerprint density at radius 3 is 1.41 bits per heavy atom. The summed E-state index contributed by atoms with van der Waals surface area (Å²) in [5, 5.41) is -1.74. The van der Waals surface area contributed by atoms with E-state index < -0.39 is 22.1 Å². The number of hydrogen-bond donors (Lipinski definition) is 0. The number of carbonyl (C=O) groups excluding carboxylic acids is 2. The summed E-state index contributed by atoms with van der Waals surface area (Å²) >= 11 is 10.4. The smallest absolute Gasteiger partial charge is 0.255 e. The second-order valence-electron chi connectivity index (χ2n) is 4.00. The van der Waals surface area contributed by atoms with Crippen LogP contribution >= 0.6 is 44.8 Å². The van der Waals surface area contributed by atoms with Gasteiger partial charge in [0.1, 0.15) is 11.6 Å². The molecule has 0 aliphatic rings. The molecule has 22 heavy (non-hydrogen) atoms. The summed E-state index contributed by atoms with van der Waals surface area (Å²) in [5.74, 6) is -1.44. The van der Waals surface area contributed by atoms with Crippen LogP contribution in [0.25, 0.3) is 0 Å². The average Bonchev–Trinajstić information content (AvgIpc) is 2.44. The molecule has 0 saturated carbocycles. The van der Waals surface area contributed by atoms with Crippen molar-refractivity contribution in [3.63, 3.8) is 0 Å². The molecule has 0 aliphatic carbocycles. The summed E-state index contributed by atoms with van der Waals surface area (Å²) in [4.78, 5) is 22.9. The molecule has 0 amide bonds. The molecule has 114 valence electrons. The van der Waals surface area contributed by atoms with Crippen molar-refractivity contribution < 1.29 is 18.4 Å². The molecule has 0 N–H and O–H groups in total. The number of hydrogen-bond acceptors (Lipinski definition) is 4. The minimum Gasteiger partial charge on any atom is -0.275 e. The van der Waals surface area contributed by atoms with Gasteiger partial charge in [-0.25, -0.2) is 8.78 Å². The Bertz CT molecular complexity index is 690. The zero-order chi connectivity index (χ0) is 16.3. The van der Waals surface area contributed by atoms with Crippen molar-refractivity contribution in [3.8, 4) is 0 Å². The normalized spacial score (nSPS) is 10.5. The van der Waals surface area contributed by atoms with E-state index in [1.54, 1.807) is 0 Å². The van der Waals surface area contributed by atoms with Crippen LogP contribution in [0.3, 0.4) is 0 Å². The van der Waals surface area contributed by atoms with E-state index in [1.165, 1.54) is 58.0 Å². The molecular formula is C14H6Cl2F2O2S2. The van der Waals surface area contributed by atoms with E-state index in [9.17, 15) is 18.4 Å². The zero-order valence-corrected chi connectivity index (χ0v) is 13.8. The van der Waals surface area contributed by atoms with Crippen LogP contribution in [0.4, 0.5) is 8.78 Å². The lowest BCUT2D eigenvalue weighted by Gasteiger charge is -2.04. The van der Waals surface area contributed by atoms with Gasteiger partial charge in [-0.15, -0.1) is 0 Å². The monoisotopic (exact) mass is 378 g/mol. The van der Waals surface area contributed by atoms with Gasteiger partial charge >= 0.3 is 0 Å². The Morgan fingerprint density at radius 1 is 0.773 bits per heavy atom. The van der Waals surface area contributed by atoms with Gasteiger partial charge in [0.05, 0.1) is 11.1 Å². The van der Waals surface area contributed by atoms with E-state index >= 15 is 0 Å². The van der Waals surface area contributed by atoms with E-state index in [2.05, 4.69) is 0 Å². The highest BCUT2D eigenvalue weighted by Crippen LogP contribution is 2.38. The first-order valence-corrected chi connectivity index (χ1v) is 8.62. The molecule has 0 atom stereocenters. The SMILES string of the molecule is O=C(Cl)c1ccc(SSc2ccc(C(=O)Cl)c(F)c2)cc1F. The highest BCUT2D eigenvalue weighted by molar-refractivity contribution is 8.76. The maximum Gasteiger partial charge on any atom is 0.255 e. The quantitative estimate of drug-likeness (QED) is 0.506. The minimum absolute atomic E-state index is 0.202. The van der Waals surface area contributed by atoms with Crippen LogP contribution in [0.5, 0.6) is 0 Å². The fourth-order valence-electron chi connectivity index (χ4n) is 1.51. The molecule has 2 aromatic carbocycles. The Hall–Kier alpha value is -1.08. The van der Waals surface area contributed by atoms with Crippen molar-refractivity contribution in [2.45, 2.75) is 9.79 Å². The number of benzene rings is 2. The molecule has 0 aliphatic heterocycles. The lowest BCUT2D eigenvalue weighted by atomic mass is 10.2. The molecule has 0 unspecified atom stereocenters. The molecule has 0 heterocycles. The molecule has 0 saturated heterocycles. The van der Waals surface area contributed by atoms with Crippen molar-refractivity contribution in [2.75, 3.05) is 0 Å². The molecule has 0 fully saturated rings. The van der Waals surface area contributed by atoms with Crippen LogP contribution in [0.2, 0.25) is 0 Å². The summed E-state index contributed by atoms with van der Waals surface area (Å²) in [6.45, 7) is 0. The van der Waals surface area contributed by atoms with Crippen molar-refractivity contribution in [3.05, 3.63) is 59.2 Å². The zero-order valence-electron chi connectivity index (χ0n) is 10.6. The van der Waals surface area contributed by atoms with Crippen LogP contribution in [0.15, 0.2) is 46.2 Å². The van der Waals surface area contributed by atoms with E-state index in [-0.39, 0.29) is 11.1 Å². The molecule has 0 spiro atoms. The topological polar surface area (TPSA) is 34.1 Å². The minimum atomic E-state index is -0.870. The van der Waals surface area contributed by atoms with Gasteiger partial charge in [-0.05, 0) is 59.6 Å². The molecule has 8 heteroatoms. The number of carbonyl (C=O) groups is 2. The first kappa shape index (κ1) is 17.3. The first-order valence-electron chi connectivity index (χ1n) is 5.72. The Balaban J connectivity index is 2.10. The third-order valence-electron chi connectivity index (χ3n) is 2.54. The lowest BCUT2D eigenvalue weighted by Crippen LogP contribution is -1.94. The van der Waals surface area contributed by atoms with Crippen LogP contribution in [0.1, 0.15) is 20.7 Å². The van der Waals surface area contributed by atoms with Crippen LogP contribution < -0.4 is 0 Å². The first-order chi connectivity index (χ1) is 10.4. The standard InChI is InChI=1S/C14H6Cl2F2O2S2/c15-13(19)9-3-1-7(5-11(9)17)21-22-8-2-4-10(14(16)20)12(18)6-8/h1-6H. The molecule has 2 aromatic rings. The van der Waals surface area contributed by atoms with Crippen LogP contribution in [0, 0.1) is 11.6 Å². The summed E-state index contributed by atoms with van der Waals surface area (Å²) in [5.41, 5.74) is -0.404. The van der Waals surface area contributed by atoms with Gasteiger partial charge < -0.3 is 0 Å². The van der Waals surface area contributed by atoms with Gasteiger partial charge in [-0.2, -0.15) is 0 Å².